The maximum Gasteiger partial charge on any atom is 0.328 e. The van der Waals surface area contributed by atoms with Crippen LogP contribution in [0, 0.1) is 13.8 Å². The summed E-state index contributed by atoms with van der Waals surface area (Å²) in [6.07, 6.45) is 1.76. The Morgan fingerprint density at radius 2 is 1.61 bits per heavy atom. The smallest absolute Gasteiger partial charge is 0.295 e. The Hall–Kier alpha value is -2.82. The fourth-order valence-electron chi connectivity index (χ4n) is 2.82. The molecule has 1 heterocycles. The molecule has 5 nitrogen and oxygen atoms in total. The summed E-state index contributed by atoms with van der Waals surface area (Å²) in [5, 5.41) is 4.29. The number of imidazole rings is 1. The van der Waals surface area contributed by atoms with Crippen LogP contribution in [0.3, 0.4) is 0 Å². The molecule has 2 aromatic carbocycles. The van der Waals surface area contributed by atoms with Gasteiger partial charge in [-0.15, -0.1) is 0 Å². The molecule has 0 saturated heterocycles. The van der Waals surface area contributed by atoms with E-state index in [4.69, 9.17) is 0 Å². The van der Waals surface area contributed by atoms with Crippen LogP contribution in [0.5, 0.6) is 0 Å². The lowest BCUT2D eigenvalue weighted by Crippen LogP contribution is -2.19. The van der Waals surface area contributed by atoms with Gasteiger partial charge in [-0.3, -0.25) is 14.6 Å². The molecule has 1 aromatic heterocycles. The van der Waals surface area contributed by atoms with E-state index in [1.807, 2.05) is 18.2 Å². The van der Waals surface area contributed by atoms with Crippen molar-refractivity contribution < 1.29 is 0 Å². The number of nitrogens with one attached hydrogen (secondary N) is 1. The average Bonchev–Trinajstić information content (AvgIpc) is 2.71. The Morgan fingerprint density at radius 3 is 2.30 bits per heavy atom. The number of aromatic nitrogens is 2. The van der Waals surface area contributed by atoms with Crippen LogP contribution < -0.4 is 11.1 Å². The molecule has 3 rings (SSSR count). The standard InChI is InChI=1S/C18H20N4O/c1-12-7-13(2)9-15(8-12)20-19-11-14-5-6-16-17(10-14)22(4)18(23)21(16)3/h5-11,20H,1-4H3. The van der Waals surface area contributed by atoms with Gasteiger partial charge in [0.25, 0.3) is 0 Å². The molecule has 0 amide bonds. The Balaban J connectivity index is 1.86. The van der Waals surface area contributed by atoms with Crippen molar-refractivity contribution in [2.45, 2.75) is 13.8 Å². The highest BCUT2D eigenvalue weighted by Gasteiger charge is 2.07. The summed E-state index contributed by atoms with van der Waals surface area (Å²) >= 11 is 0. The monoisotopic (exact) mass is 308 g/mol. The number of hydrazone groups is 1. The van der Waals surface area contributed by atoms with Crippen LogP contribution in [0.15, 0.2) is 46.3 Å². The highest BCUT2D eigenvalue weighted by Crippen LogP contribution is 2.15. The molecule has 0 bridgehead atoms. The van der Waals surface area contributed by atoms with E-state index >= 15 is 0 Å². The summed E-state index contributed by atoms with van der Waals surface area (Å²) in [6.45, 7) is 4.12. The number of fused-ring (bicyclic) bond motifs is 1. The Bertz CT molecular complexity index is 943. The number of aryl methyl sites for hydroxylation is 4. The Morgan fingerprint density at radius 1 is 0.957 bits per heavy atom. The van der Waals surface area contributed by atoms with E-state index in [9.17, 15) is 4.79 Å². The minimum Gasteiger partial charge on any atom is -0.295 e. The van der Waals surface area contributed by atoms with E-state index in [-0.39, 0.29) is 5.69 Å². The first kappa shape index (κ1) is 15.1. The van der Waals surface area contributed by atoms with E-state index in [1.54, 1.807) is 29.4 Å². The van der Waals surface area contributed by atoms with Gasteiger partial charge in [0.1, 0.15) is 0 Å². The predicted molar refractivity (Wildman–Crippen MR) is 95.3 cm³/mol. The zero-order valence-electron chi connectivity index (χ0n) is 13.8. The third-order valence-corrected chi connectivity index (χ3v) is 3.92. The van der Waals surface area contributed by atoms with Crippen LogP contribution in [-0.2, 0) is 14.1 Å². The third-order valence-electron chi connectivity index (χ3n) is 3.92. The Labute approximate surface area is 134 Å². The molecule has 3 aromatic rings. The fourth-order valence-corrected chi connectivity index (χ4v) is 2.82. The summed E-state index contributed by atoms with van der Waals surface area (Å²) in [5.41, 5.74) is 9.13. The van der Waals surface area contributed by atoms with E-state index in [2.05, 4.69) is 42.6 Å². The van der Waals surface area contributed by atoms with Crippen molar-refractivity contribution in [2.75, 3.05) is 5.43 Å². The summed E-state index contributed by atoms with van der Waals surface area (Å²) in [7, 11) is 3.55. The summed E-state index contributed by atoms with van der Waals surface area (Å²) in [5.74, 6) is 0. The maximum atomic E-state index is 11.9. The number of hydrogen-bond donors (Lipinski definition) is 1. The highest BCUT2D eigenvalue weighted by molar-refractivity contribution is 5.87. The number of nitrogens with zero attached hydrogens (tertiary/aromatic N) is 3. The molecule has 0 fully saturated rings. The lowest BCUT2D eigenvalue weighted by atomic mass is 10.1. The second-order valence-corrected chi connectivity index (χ2v) is 5.90. The van der Waals surface area contributed by atoms with Gasteiger partial charge in [-0.05, 0) is 54.8 Å². The quantitative estimate of drug-likeness (QED) is 0.597. The number of benzene rings is 2. The topological polar surface area (TPSA) is 51.3 Å². The average molecular weight is 308 g/mol. The first-order valence-electron chi connectivity index (χ1n) is 7.48. The molecule has 23 heavy (non-hydrogen) atoms. The van der Waals surface area contributed by atoms with Gasteiger partial charge in [0.2, 0.25) is 0 Å². The van der Waals surface area contributed by atoms with Crippen molar-refractivity contribution >= 4 is 22.9 Å². The van der Waals surface area contributed by atoms with Gasteiger partial charge in [-0.2, -0.15) is 5.10 Å². The number of hydrogen-bond acceptors (Lipinski definition) is 3. The second-order valence-electron chi connectivity index (χ2n) is 5.90. The van der Waals surface area contributed by atoms with Crippen molar-refractivity contribution in [1.82, 2.24) is 9.13 Å². The third kappa shape index (κ3) is 2.90. The number of rotatable bonds is 3. The predicted octanol–water partition coefficient (Wildman–Crippen LogP) is 2.94. The molecular weight excluding hydrogens is 288 g/mol. The van der Waals surface area contributed by atoms with E-state index in [0.29, 0.717) is 0 Å². The van der Waals surface area contributed by atoms with Gasteiger partial charge < -0.3 is 0 Å². The normalized spacial score (nSPS) is 11.5. The lowest BCUT2D eigenvalue weighted by Gasteiger charge is -2.03. The fraction of sp³-hybridized carbons (Fsp3) is 0.222. The van der Waals surface area contributed by atoms with Crippen molar-refractivity contribution in [2.24, 2.45) is 19.2 Å². The SMILES string of the molecule is Cc1cc(C)cc(NN=Cc2ccc3c(c2)n(C)c(=O)n3C)c1. The zero-order chi connectivity index (χ0) is 16.6. The van der Waals surface area contributed by atoms with Crippen LogP contribution in [0.2, 0.25) is 0 Å². The van der Waals surface area contributed by atoms with Gasteiger partial charge in [0.15, 0.2) is 0 Å². The van der Waals surface area contributed by atoms with Crippen LogP contribution in [0.4, 0.5) is 5.69 Å². The largest absolute Gasteiger partial charge is 0.328 e. The zero-order valence-corrected chi connectivity index (χ0v) is 13.8. The van der Waals surface area contributed by atoms with E-state index in [1.165, 1.54) is 11.1 Å². The minimum atomic E-state index is -0.0255. The molecule has 0 aliphatic carbocycles. The molecule has 1 N–H and O–H groups in total. The molecule has 0 aliphatic rings. The molecule has 5 heteroatoms. The van der Waals surface area contributed by atoms with Gasteiger partial charge in [0, 0.05) is 14.1 Å². The highest BCUT2D eigenvalue weighted by atomic mass is 16.1. The van der Waals surface area contributed by atoms with Crippen LogP contribution >= 0.6 is 0 Å². The molecular formula is C18H20N4O. The Kier molecular flexibility index (Phi) is 3.78. The van der Waals surface area contributed by atoms with Gasteiger partial charge in [-0.25, -0.2) is 4.79 Å². The summed E-state index contributed by atoms with van der Waals surface area (Å²) in [4.78, 5) is 11.9. The van der Waals surface area contributed by atoms with Gasteiger partial charge in [-0.1, -0.05) is 12.1 Å². The molecule has 0 spiro atoms. The summed E-state index contributed by atoms with van der Waals surface area (Å²) in [6, 6.07) is 12.1. The summed E-state index contributed by atoms with van der Waals surface area (Å²) < 4.78 is 3.29. The molecule has 0 saturated carbocycles. The first-order valence-corrected chi connectivity index (χ1v) is 7.48. The lowest BCUT2D eigenvalue weighted by molar-refractivity contribution is 0.795. The molecule has 0 unspecified atom stereocenters. The molecule has 0 atom stereocenters. The van der Waals surface area contributed by atoms with Crippen molar-refractivity contribution in [1.29, 1.82) is 0 Å². The van der Waals surface area contributed by atoms with E-state index < -0.39 is 0 Å². The van der Waals surface area contributed by atoms with Crippen molar-refractivity contribution in [3.63, 3.8) is 0 Å². The van der Waals surface area contributed by atoms with Crippen LogP contribution in [0.1, 0.15) is 16.7 Å². The second kappa shape index (κ2) is 5.76. The molecule has 0 radical (unpaired) electrons. The molecule has 0 aliphatic heterocycles. The van der Waals surface area contributed by atoms with E-state index in [0.717, 1.165) is 22.3 Å². The first-order chi connectivity index (χ1) is 11.0. The maximum absolute atomic E-state index is 11.9. The number of anilines is 1. The van der Waals surface area contributed by atoms with Crippen LogP contribution in [0.25, 0.3) is 11.0 Å². The van der Waals surface area contributed by atoms with Crippen LogP contribution in [-0.4, -0.2) is 15.3 Å². The minimum absolute atomic E-state index is 0.0255. The van der Waals surface area contributed by atoms with Gasteiger partial charge >= 0.3 is 5.69 Å². The molecule has 118 valence electrons. The van der Waals surface area contributed by atoms with Crippen molar-refractivity contribution in [3.8, 4) is 0 Å². The van der Waals surface area contributed by atoms with Crippen molar-refractivity contribution in [3.05, 3.63) is 63.6 Å². The van der Waals surface area contributed by atoms with Gasteiger partial charge in [0.05, 0.1) is 22.9 Å².